The first-order valence-corrected chi connectivity index (χ1v) is 7.70. The molecule has 1 unspecified atom stereocenters. The molecule has 0 fully saturated rings. The van der Waals surface area contributed by atoms with Gasteiger partial charge < -0.3 is 15.7 Å². The molecule has 0 aromatic carbocycles. The number of carboxylic acid groups (broad SMARTS) is 1. The molecule has 1 atom stereocenters. The van der Waals surface area contributed by atoms with Crippen molar-refractivity contribution in [2.75, 3.05) is 6.54 Å². The molecule has 0 saturated heterocycles. The number of carbonyl (C=O) groups excluding carboxylic acids is 1. The fourth-order valence-corrected chi connectivity index (χ4v) is 2.71. The van der Waals surface area contributed by atoms with Gasteiger partial charge >= 0.3 is 12.0 Å². The van der Waals surface area contributed by atoms with Crippen molar-refractivity contribution in [3.05, 3.63) is 21.9 Å². The van der Waals surface area contributed by atoms with Crippen molar-refractivity contribution >= 4 is 23.3 Å². The van der Waals surface area contributed by atoms with Gasteiger partial charge in [-0.05, 0) is 25.0 Å². The van der Waals surface area contributed by atoms with Crippen molar-refractivity contribution in [1.82, 2.24) is 10.6 Å². The summed E-state index contributed by atoms with van der Waals surface area (Å²) in [5, 5.41) is 14.3. The number of hydrogen-bond donors (Lipinski definition) is 3. The van der Waals surface area contributed by atoms with Gasteiger partial charge in [0.1, 0.15) is 0 Å². The van der Waals surface area contributed by atoms with Gasteiger partial charge in [0.15, 0.2) is 0 Å². The van der Waals surface area contributed by atoms with E-state index in [0.29, 0.717) is 13.0 Å². The molecule has 0 radical (unpaired) electrons. The van der Waals surface area contributed by atoms with Gasteiger partial charge in [-0.25, -0.2) is 4.79 Å². The molecule has 0 bridgehead atoms. The Morgan fingerprint density at radius 3 is 2.50 bits per heavy atom. The Morgan fingerprint density at radius 2 is 1.95 bits per heavy atom. The highest BCUT2D eigenvalue weighted by molar-refractivity contribution is 7.11. The maximum atomic E-state index is 11.6. The first kappa shape index (κ1) is 16.5. The van der Waals surface area contributed by atoms with E-state index in [4.69, 9.17) is 5.11 Å². The van der Waals surface area contributed by atoms with Crippen molar-refractivity contribution in [3.63, 3.8) is 0 Å². The Labute approximate surface area is 123 Å². The summed E-state index contributed by atoms with van der Waals surface area (Å²) in [7, 11) is 0. The minimum absolute atomic E-state index is 0.166. The molecule has 112 valence electrons. The quantitative estimate of drug-likeness (QED) is 0.690. The largest absolute Gasteiger partial charge is 0.481 e. The second-order valence-electron chi connectivity index (χ2n) is 4.61. The number of carbonyl (C=O) groups is 2. The molecule has 0 aliphatic carbocycles. The average molecular weight is 298 g/mol. The normalized spacial score (nSPS) is 11.9. The van der Waals surface area contributed by atoms with E-state index in [-0.39, 0.29) is 12.6 Å². The summed E-state index contributed by atoms with van der Waals surface area (Å²) in [6, 6.07) is 3.74. The maximum absolute atomic E-state index is 11.6. The van der Waals surface area contributed by atoms with Crippen LogP contribution in [0.2, 0.25) is 0 Å². The van der Waals surface area contributed by atoms with Crippen LogP contribution in [-0.4, -0.2) is 23.7 Å². The van der Waals surface area contributed by atoms with E-state index in [1.165, 1.54) is 4.88 Å². The summed E-state index contributed by atoms with van der Waals surface area (Å²) < 4.78 is 0. The number of urea groups is 1. The molecular weight excluding hydrogens is 276 g/mol. The molecule has 1 aromatic heterocycles. The van der Waals surface area contributed by atoms with Crippen LogP contribution >= 0.6 is 11.3 Å². The van der Waals surface area contributed by atoms with E-state index in [9.17, 15) is 9.59 Å². The zero-order valence-electron chi connectivity index (χ0n) is 11.9. The van der Waals surface area contributed by atoms with Crippen LogP contribution in [0, 0.1) is 5.92 Å². The smallest absolute Gasteiger partial charge is 0.315 e. The topological polar surface area (TPSA) is 78.4 Å². The lowest BCUT2D eigenvalue weighted by atomic mass is 10.0. The zero-order chi connectivity index (χ0) is 15.0. The fraction of sp³-hybridized carbons (Fsp3) is 0.571. The SMILES string of the molecule is CCCC(CNC(=O)NCc1ccc(CC)s1)C(=O)O. The van der Waals surface area contributed by atoms with E-state index in [1.54, 1.807) is 11.3 Å². The van der Waals surface area contributed by atoms with E-state index in [2.05, 4.69) is 23.6 Å². The van der Waals surface area contributed by atoms with Gasteiger partial charge in [-0.2, -0.15) is 0 Å². The zero-order valence-corrected chi connectivity index (χ0v) is 12.8. The minimum Gasteiger partial charge on any atom is -0.481 e. The van der Waals surface area contributed by atoms with Crippen LogP contribution in [0.15, 0.2) is 12.1 Å². The lowest BCUT2D eigenvalue weighted by Crippen LogP contribution is -2.39. The third-order valence-corrected chi connectivity index (χ3v) is 4.21. The van der Waals surface area contributed by atoms with Gasteiger partial charge in [-0.15, -0.1) is 11.3 Å². The summed E-state index contributed by atoms with van der Waals surface area (Å²) in [4.78, 5) is 24.9. The van der Waals surface area contributed by atoms with Crippen LogP contribution in [0.25, 0.3) is 0 Å². The first-order chi connectivity index (χ1) is 9.56. The third-order valence-electron chi connectivity index (χ3n) is 2.98. The predicted molar refractivity (Wildman–Crippen MR) is 80.0 cm³/mol. The molecule has 0 spiro atoms. The molecule has 1 rings (SSSR count). The molecule has 20 heavy (non-hydrogen) atoms. The predicted octanol–water partition coefficient (Wildman–Crippen LogP) is 2.61. The summed E-state index contributed by atoms with van der Waals surface area (Å²) in [6.45, 7) is 4.66. The second kappa shape index (κ2) is 8.58. The maximum Gasteiger partial charge on any atom is 0.315 e. The highest BCUT2D eigenvalue weighted by Gasteiger charge is 2.16. The minimum atomic E-state index is -0.863. The lowest BCUT2D eigenvalue weighted by molar-refractivity contribution is -0.141. The summed E-state index contributed by atoms with van der Waals surface area (Å²) in [6.07, 6.45) is 2.35. The number of aliphatic carboxylic acids is 1. The van der Waals surface area contributed by atoms with Crippen molar-refractivity contribution in [2.24, 2.45) is 5.92 Å². The molecule has 5 nitrogen and oxygen atoms in total. The van der Waals surface area contributed by atoms with Crippen LogP contribution in [0.5, 0.6) is 0 Å². The van der Waals surface area contributed by atoms with Crippen LogP contribution in [0.4, 0.5) is 4.79 Å². The Bertz CT molecular complexity index is 445. The van der Waals surface area contributed by atoms with Crippen molar-refractivity contribution in [1.29, 1.82) is 0 Å². The molecule has 6 heteroatoms. The van der Waals surface area contributed by atoms with E-state index >= 15 is 0 Å². The average Bonchev–Trinajstić information content (AvgIpc) is 2.88. The van der Waals surface area contributed by atoms with Crippen molar-refractivity contribution < 1.29 is 14.7 Å². The highest BCUT2D eigenvalue weighted by Crippen LogP contribution is 2.16. The van der Waals surface area contributed by atoms with Crippen LogP contribution in [0.1, 0.15) is 36.4 Å². The standard InChI is InChI=1S/C14H22N2O3S/c1-3-5-10(13(17)18)8-15-14(19)16-9-12-7-6-11(4-2)20-12/h6-7,10H,3-5,8-9H2,1-2H3,(H,17,18)(H2,15,16,19). The van der Waals surface area contributed by atoms with Gasteiger partial charge in [0, 0.05) is 16.3 Å². The Kier molecular flexibility index (Phi) is 7.08. The molecule has 0 saturated carbocycles. The van der Waals surface area contributed by atoms with Crippen LogP contribution < -0.4 is 10.6 Å². The van der Waals surface area contributed by atoms with Crippen LogP contribution in [-0.2, 0) is 17.8 Å². The number of amides is 2. The summed E-state index contributed by atoms with van der Waals surface area (Å²) >= 11 is 1.68. The first-order valence-electron chi connectivity index (χ1n) is 6.88. The van der Waals surface area contributed by atoms with E-state index in [0.717, 1.165) is 17.7 Å². The van der Waals surface area contributed by atoms with Gasteiger partial charge in [-0.3, -0.25) is 4.79 Å². The van der Waals surface area contributed by atoms with Gasteiger partial charge in [-0.1, -0.05) is 20.3 Å². The van der Waals surface area contributed by atoms with Gasteiger partial charge in [0.2, 0.25) is 0 Å². The molecule has 1 heterocycles. The number of thiophene rings is 1. The molecule has 3 N–H and O–H groups in total. The molecular formula is C14H22N2O3S. The second-order valence-corrected chi connectivity index (χ2v) is 5.86. The summed E-state index contributed by atoms with van der Waals surface area (Å²) in [5.74, 6) is -1.38. The Morgan fingerprint density at radius 1 is 1.25 bits per heavy atom. The fourth-order valence-electron chi connectivity index (χ4n) is 1.81. The van der Waals surface area contributed by atoms with E-state index < -0.39 is 11.9 Å². The summed E-state index contributed by atoms with van der Waals surface area (Å²) in [5.41, 5.74) is 0. The third kappa shape index (κ3) is 5.61. The number of nitrogens with one attached hydrogen (secondary N) is 2. The van der Waals surface area contributed by atoms with Gasteiger partial charge in [0.05, 0.1) is 12.5 Å². The van der Waals surface area contributed by atoms with Crippen molar-refractivity contribution in [2.45, 2.75) is 39.7 Å². The highest BCUT2D eigenvalue weighted by atomic mass is 32.1. The molecule has 2 amide bonds. The van der Waals surface area contributed by atoms with Crippen molar-refractivity contribution in [3.8, 4) is 0 Å². The number of hydrogen-bond acceptors (Lipinski definition) is 3. The van der Waals surface area contributed by atoms with Gasteiger partial charge in [0.25, 0.3) is 0 Å². The molecule has 1 aromatic rings. The number of rotatable bonds is 8. The lowest BCUT2D eigenvalue weighted by Gasteiger charge is -2.12. The Balaban J connectivity index is 2.30. The number of carboxylic acids is 1. The van der Waals surface area contributed by atoms with Crippen LogP contribution in [0.3, 0.4) is 0 Å². The monoisotopic (exact) mass is 298 g/mol. The molecule has 0 aliphatic heterocycles. The molecule has 0 aliphatic rings. The Hall–Kier alpha value is -1.56. The number of aryl methyl sites for hydroxylation is 1. The van der Waals surface area contributed by atoms with E-state index in [1.807, 2.05) is 13.0 Å².